The van der Waals surface area contributed by atoms with Crippen molar-refractivity contribution >= 4 is 71.1 Å². The van der Waals surface area contributed by atoms with Gasteiger partial charge in [0.25, 0.3) is 0 Å². The molecule has 0 aliphatic carbocycles. The van der Waals surface area contributed by atoms with Crippen molar-refractivity contribution in [3.63, 3.8) is 0 Å². The van der Waals surface area contributed by atoms with Crippen molar-refractivity contribution in [2.24, 2.45) is 0 Å². The van der Waals surface area contributed by atoms with Crippen LogP contribution in [0.15, 0.2) is 255 Å². The third-order valence-corrected chi connectivity index (χ3v) is 41.9. The molecule has 0 aliphatic rings. The molecule has 0 spiro atoms. The second-order valence-electron chi connectivity index (χ2n) is 16.2. The Bertz CT molecular complexity index is 2750. The fourth-order valence-electron chi connectivity index (χ4n) is 9.77. The van der Waals surface area contributed by atoms with Crippen molar-refractivity contribution in [2.75, 3.05) is 0 Å². The topological polar surface area (TPSA) is 44.8 Å². The van der Waals surface area contributed by atoms with E-state index in [0.717, 1.165) is 0 Å². The molecule has 0 fully saturated rings. The van der Waals surface area contributed by atoms with E-state index in [1.54, 1.807) is 0 Å². The fourth-order valence-corrected chi connectivity index (χ4v) is 44.2. The maximum absolute atomic E-state index is 20.8. The Kier molecular flexibility index (Phi) is 10.8. The molecule has 323 valence electrons. The Morgan fingerprint density at radius 1 is 0.308 bits per heavy atom. The monoisotopic (exact) mass is 949 g/mol. The van der Waals surface area contributed by atoms with Gasteiger partial charge in [-0.1, -0.05) is 0 Å². The van der Waals surface area contributed by atoms with Gasteiger partial charge in [0, 0.05) is 0 Å². The van der Waals surface area contributed by atoms with Crippen LogP contribution in [0.4, 0.5) is 13.2 Å². The summed E-state index contributed by atoms with van der Waals surface area (Å²) in [5.74, 6) is -1.92. The van der Waals surface area contributed by atoms with Gasteiger partial charge in [0.2, 0.25) is 0 Å². The first kappa shape index (κ1) is 43.9. The Morgan fingerprint density at radius 3 is 0.662 bits per heavy atom. The molecule has 9 rings (SSSR count). The molecule has 0 bridgehead atoms. The van der Waals surface area contributed by atoms with Crippen molar-refractivity contribution in [2.45, 2.75) is 0 Å². The van der Waals surface area contributed by atoms with E-state index in [0.29, 0.717) is 31.1 Å². The quantitative estimate of drug-likeness (QED) is 0.101. The van der Waals surface area contributed by atoms with E-state index >= 15 is 16.8 Å². The Labute approximate surface area is 379 Å². The molecule has 11 heteroatoms. The SMILES string of the molecule is [O]=[V]([O][SiH3])([O][Si](c1ccccc1)(c1ccccc1)c1ccccc1)([O][Si](c1ccccc1)(c1ccccc1)c1ccccc1)([c]1ccc(F)cc1)([c]1ccc(F)cc1)[c]1ccc(F)cc1. The number of hydrogen-bond acceptors (Lipinski definition) is 4. The van der Waals surface area contributed by atoms with Gasteiger partial charge in [-0.15, -0.1) is 0 Å². The summed E-state index contributed by atoms with van der Waals surface area (Å²) >= 11 is -9.57. The average Bonchev–Trinajstić information content (AvgIpc) is 3.37. The van der Waals surface area contributed by atoms with Gasteiger partial charge < -0.3 is 0 Å². The van der Waals surface area contributed by atoms with E-state index < -0.39 is 56.2 Å². The summed E-state index contributed by atoms with van der Waals surface area (Å²) in [6.07, 6.45) is 0. The first-order valence-electron chi connectivity index (χ1n) is 21.2. The normalized spacial score (nSPS) is 13.8. The van der Waals surface area contributed by atoms with Crippen LogP contribution in [-0.4, -0.2) is 27.1 Å². The zero-order valence-corrected chi connectivity index (χ0v) is 40.9. The minimum absolute atomic E-state index is 0.179. The molecule has 0 aliphatic heterocycles. The van der Waals surface area contributed by atoms with Crippen molar-refractivity contribution in [1.29, 1.82) is 0 Å². The van der Waals surface area contributed by atoms with Crippen LogP contribution in [0.1, 0.15) is 0 Å². The summed E-state index contributed by atoms with van der Waals surface area (Å²) < 4.78 is 92.9. The summed E-state index contributed by atoms with van der Waals surface area (Å²) in [6.45, 7) is 0. The number of halogens is 3. The average molecular weight is 950 g/mol. The van der Waals surface area contributed by atoms with Gasteiger partial charge in [-0.05, 0) is 0 Å². The molecule has 0 N–H and O–H groups in total. The Balaban J connectivity index is 1.68. The van der Waals surface area contributed by atoms with Crippen molar-refractivity contribution in [1.82, 2.24) is 0 Å². The zero-order valence-electron chi connectivity index (χ0n) is 35.5. The van der Waals surface area contributed by atoms with Gasteiger partial charge in [0.1, 0.15) is 0 Å². The van der Waals surface area contributed by atoms with Gasteiger partial charge >= 0.3 is 382 Å². The molecular weight excluding hydrogens is 905 g/mol. The number of hydrogen-bond donors (Lipinski definition) is 0. The van der Waals surface area contributed by atoms with Crippen LogP contribution in [0.2, 0.25) is 0 Å². The first-order valence-corrected chi connectivity index (χ1v) is 30.2. The van der Waals surface area contributed by atoms with Gasteiger partial charge in [-0.2, -0.15) is 0 Å². The molecule has 0 amide bonds. The van der Waals surface area contributed by atoms with E-state index in [4.69, 9.17) is 10.1 Å². The zero-order chi connectivity index (χ0) is 45.1. The van der Waals surface area contributed by atoms with Crippen LogP contribution in [0.3, 0.4) is 0 Å². The summed E-state index contributed by atoms with van der Waals surface area (Å²) in [5.41, 5.74) is 0. The van der Waals surface area contributed by atoms with Gasteiger partial charge in [-0.3, -0.25) is 0 Å². The predicted octanol–water partition coefficient (Wildman–Crippen LogP) is 5.90. The van der Waals surface area contributed by atoms with Crippen LogP contribution in [0.5, 0.6) is 0 Å². The molecule has 0 atom stereocenters. The van der Waals surface area contributed by atoms with Crippen LogP contribution < -0.4 is 43.9 Å². The second-order valence-corrected chi connectivity index (χ2v) is 34.9. The predicted molar refractivity (Wildman–Crippen MR) is 260 cm³/mol. The molecule has 4 nitrogen and oxygen atoms in total. The summed E-state index contributed by atoms with van der Waals surface area (Å²) in [5, 5.41) is 3.90. The molecule has 9 aromatic rings. The van der Waals surface area contributed by atoms with Crippen molar-refractivity contribution < 1.29 is 38.5 Å². The van der Waals surface area contributed by atoms with Gasteiger partial charge in [-0.25, -0.2) is 0 Å². The fraction of sp³-hybridized carbons (Fsp3) is 0. The van der Waals surface area contributed by atoms with E-state index in [-0.39, 0.29) is 12.8 Å². The Hall–Kier alpha value is -6.31. The molecule has 0 saturated heterocycles. The maximum atomic E-state index is 20.8. The first-order chi connectivity index (χ1) is 31.5. The summed E-state index contributed by atoms with van der Waals surface area (Å²) in [6, 6.07) is 72.8. The van der Waals surface area contributed by atoms with Crippen LogP contribution in [0.25, 0.3) is 0 Å². The van der Waals surface area contributed by atoms with Crippen LogP contribution in [-0.2, 0) is 25.4 Å². The van der Waals surface area contributed by atoms with E-state index in [1.807, 2.05) is 182 Å². The van der Waals surface area contributed by atoms with Crippen LogP contribution >= 0.6 is 0 Å². The summed E-state index contributed by atoms with van der Waals surface area (Å²) in [7, 11) is -9.42. The van der Waals surface area contributed by atoms with E-state index in [2.05, 4.69) is 0 Å². The molecule has 9 aromatic carbocycles. The molecule has 0 unspecified atom stereocenters. The molecule has 0 heterocycles. The third-order valence-electron chi connectivity index (χ3n) is 12.9. The molecule has 0 radical (unpaired) electrons. The Morgan fingerprint density at radius 2 is 0.492 bits per heavy atom. The van der Waals surface area contributed by atoms with Gasteiger partial charge in [0.05, 0.1) is 0 Å². The molecule has 0 aromatic heterocycles. The number of rotatable bonds is 14. The molecule has 65 heavy (non-hydrogen) atoms. The summed E-state index contributed by atoms with van der Waals surface area (Å²) in [4.78, 5) is 0. The standard InChI is InChI=1S/2C18H15OSi.3C6H4F.H3OSi.O.V/c2*19-20(16-10-4-1-5-11-16,17-12-6-2-7-13-17)18-14-8-3-9-15-18;3*7-6-4-2-1-3-5-6;1-2;;/h2*1-15H;3*2-5H;2H3;;/q2*-1;;;;-1;;+3. The van der Waals surface area contributed by atoms with Crippen molar-refractivity contribution in [3.05, 3.63) is 272 Å². The van der Waals surface area contributed by atoms with E-state index in [1.165, 1.54) is 72.8 Å². The molecular formula is C54H45F3O4Si3V. The minimum atomic E-state index is -9.57. The van der Waals surface area contributed by atoms with E-state index in [9.17, 15) is 0 Å². The number of benzene rings is 9. The van der Waals surface area contributed by atoms with Crippen molar-refractivity contribution in [3.8, 4) is 0 Å². The third kappa shape index (κ3) is 6.36. The molecule has 0 saturated carbocycles. The van der Waals surface area contributed by atoms with Gasteiger partial charge in [0.15, 0.2) is 0 Å². The second kappa shape index (κ2) is 16.0. The van der Waals surface area contributed by atoms with Crippen LogP contribution in [0, 0.1) is 17.5 Å².